The van der Waals surface area contributed by atoms with Gasteiger partial charge in [0.05, 0.1) is 17.5 Å². The molecular formula is C29H23NO3. The number of allylic oxidation sites excluding steroid dienone is 2. The summed E-state index contributed by atoms with van der Waals surface area (Å²) in [6.45, 7) is 0. The third-order valence-corrected chi connectivity index (χ3v) is 7.95. The Hall–Kier alpha value is -3.66. The van der Waals surface area contributed by atoms with E-state index in [-0.39, 0.29) is 35.5 Å². The fourth-order valence-corrected chi connectivity index (χ4v) is 6.36. The van der Waals surface area contributed by atoms with Crippen LogP contribution in [0.2, 0.25) is 0 Å². The maximum atomic E-state index is 13.3. The Bertz CT molecular complexity index is 1240. The van der Waals surface area contributed by atoms with Crippen molar-refractivity contribution in [1.82, 2.24) is 0 Å². The fourth-order valence-electron chi connectivity index (χ4n) is 6.36. The van der Waals surface area contributed by atoms with E-state index in [1.54, 1.807) is 0 Å². The molecule has 3 aromatic rings. The first-order valence-corrected chi connectivity index (χ1v) is 11.7. The first-order chi connectivity index (χ1) is 16.2. The molecule has 0 unspecified atom stereocenters. The van der Waals surface area contributed by atoms with Gasteiger partial charge in [-0.15, -0.1) is 0 Å². The van der Waals surface area contributed by atoms with Gasteiger partial charge in [0.2, 0.25) is 11.8 Å². The zero-order chi connectivity index (χ0) is 22.1. The quantitative estimate of drug-likeness (QED) is 0.391. The van der Waals surface area contributed by atoms with Gasteiger partial charge in [0.1, 0.15) is 11.5 Å². The molecule has 0 N–H and O–H groups in total. The van der Waals surface area contributed by atoms with Gasteiger partial charge in [0.15, 0.2) is 0 Å². The fraction of sp³-hybridized carbons (Fsp3) is 0.241. The van der Waals surface area contributed by atoms with E-state index in [1.807, 2.05) is 66.7 Å². The molecule has 3 aromatic carbocycles. The van der Waals surface area contributed by atoms with E-state index in [0.29, 0.717) is 23.3 Å². The molecule has 2 saturated carbocycles. The van der Waals surface area contributed by atoms with Gasteiger partial charge in [0.25, 0.3) is 0 Å². The van der Waals surface area contributed by atoms with Gasteiger partial charge >= 0.3 is 0 Å². The summed E-state index contributed by atoms with van der Waals surface area (Å²) in [4.78, 5) is 28.0. The van der Waals surface area contributed by atoms with E-state index in [0.717, 1.165) is 16.9 Å². The minimum Gasteiger partial charge on any atom is -0.457 e. The van der Waals surface area contributed by atoms with Crippen molar-refractivity contribution in [3.8, 4) is 22.6 Å². The molecule has 3 fully saturated rings. The highest BCUT2D eigenvalue weighted by molar-refractivity contribution is 6.22. The minimum atomic E-state index is -0.171. The van der Waals surface area contributed by atoms with Crippen molar-refractivity contribution in [3.05, 3.63) is 91.0 Å². The molecule has 1 heterocycles. The molecule has 4 nitrogen and oxygen atoms in total. The number of nitrogens with zero attached hydrogens (tertiary/aromatic N) is 1. The van der Waals surface area contributed by atoms with Crippen LogP contribution in [0.15, 0.2) is 91.0 Å². The van der Waals surface area contributed by atoms with Crippen LogP contribution in [-0.2, 0) is 9.59 Å². The summed E-state index contributed by atoms with van der Waals surface area (Å²) >= 11 is 0. The van der Waals surface area contributed by atoms with Crippen LogP contribution in [0, 0.1) is 35.5 Å². The van der Waals surface area contributed by atoms with Crippen molar-refractivity contribution in [2.75, 3.05) is 4.90 Å². The Kier molecular flexibility index (Phi) is 3.95. The lowest BCUT2D eigenvalue weighted by Crippen LogP contribution is -2.40. The monoisotopic (exact) mass is 433 g/mol. The molecule has 0 radical (unpaired) electrons. The molecule has 2 amide bonds. The maximum absolute atomic E-state index is 13.3. The molecule has 1 aliphatic heterocycles. The summed E-state index contributed by atoms with van der Waals surface area (Å²) in [5.74, 6) is 2.73. The van der Waals surface area contributed by atoms with Crippen LogP contribution in [0.1, 0.15) is 6.42 Å². The SMILES string of the molecule is O=C1[C@@H]2[C@@H]3C=C[C@H]([C@@H]4C[C@H]34)[C@@H]2C(=O)N1c1ccc(Oc2ccc(-c3ccccc3)cc2)cc1. The van der Waals surface area contributed by atoms with Gasteiger partial charge in [-0.2, -0.15) is 0 Å². The Labute approximate surface area is 192 Å². The van der Waals surface area contributed by atoms with Crippen molar-refractivity contribution < 1.29 is 14.3 Å². The third kappa shape index (κ3) is 2.83. The highest BCUT2D eigenvalue weighted by atomic mass is 16.5. The molecule has 0 spiro atoms. The van der Waals surface area contributed by atoms with Gasteiger partial charge in [-0.1, -0.05) is 54.6 Å². The van der Waals surface area contributed by atoms with E-state index in [1.165, 1.54) is 11.3 Å². The van der Waals surface area contributed by atoms with Crippen molar-refractivity contribution in [1.29, 1.82) is 0 Å². The van der Waals surface area contributed by atoms with Gasteiger partial charge in [-0.05, 0) is 77.6 Å². The second-order valence-corrected chi connectivity index (χ2v) is 9.65. The molecule has 162 valence electrons. The zero-order valence-corrected chi connectivity index (χ0v) is 18.0. The number of benzene rings is 3. The molecule has 4 aliphatic carbocycles. The smallest absolute Gasteiger partial charge is 0.238 e. The molecule has 0 aromatic heterocycles. The number of hydrogen-bond donors (Lipinski definition) is 0. The van der Waals surface area contributed by atoms with E-state index < -0.39 is 0 Å². The molecular weight excluding hydrogens is 410 g/mol. The Morgan fingerprint density at radius 1 is 0.636 bits per heavy atom. The van der Waals surface area contributed by atoms with Crippen molar-refractivity contribution in [3.63, 3.8) is 0 Å². The average Bonchev–Trinajstić information content (AvgIpc) is 3.64. The molecule has 5 aliphatic rings. The first-order valence-electron chi connectivity index (χ1n) is 11.7. The van der Waals surface area contributed by atoms with Gasteiger partial charge in [-0.3, -0.25) is 14.5 Å². The zero-order valence-electron chi connectivity index (χ0n) is 18.0. The summed E-state index contributed by atoms with van der Waals surface area (Å²) in [6, 6.07) is 25.5. The lowest BCUT2D eigenvalue weighted by atomic mass is 9.63. The topological polar surface area (TPSA) is 46.6 Å². The summed E-state index contributed by atoms with van der Waals surface area (Å²) in [7, 11) is 0. The predicted molar refractivity (Wildman–Crippen MR) is 126 cm³/mol. The van der Waals surface area contributed by atoms with Crippen LogP contribution in [0.3, 0.4) is 0 Å². The second-order valence-electron chi connectivity index (χ2n) is 9.65. The number of carbonyl (C=O) groups is 2. The summed E-state index contributed by atoms with van der Waals surface area (Å²) in [5.41, 5.74) is 2.93. The predicted octanol–water partition coefficient (Wildman–Crippen LogP) is 5.70. The van der Waals surface area contributed by atoms with Gasteiger partial charge in [0, 0.05) is 0 Å². The highest BCUT2D eigenvalue weighted by Gasteiger charge is 2.67. The van der Waals surface area contributed by atoms with Crippen LogP contribution < -0.4 is 9.64 Å². The highest BCUT2D eigenvalue weighted by Crippen LogP contribution is 2.65. The van der Waals surface area contributed by atoms with Crippen LogP contribution in [0.4, 0.5) is 5.69 Å². The van der Waals surface area contributed by atoms with Gasteiger partial charge in [-0.25, -0.2) is 0 Å². The first kappa shape index (κ1) is 18.9. The molecule has 6 atom stereocenters. The van der Waals surface area contributed by atoms with E-state index in [4.69, 9.17) is 4.74 Å². The number of carbonyl (C=O) groups excluding carboxylic acids is 2. The maximum Gasteiger partial charge on any atom is 0.238 e. The van der Waals surface area contributed by atoms with Gasteiger partial charge < -0.3 is 4.74 Å². The van der Waals surface area contributed by atoms with Crippen LogP contribution in [-0.4, -0.2) is 11.8 Å². The number of hydrogen-bond acceptors (Lipinski definition) is 3. The molecule has 33 heavy (non-hydrogen) atoms. The van der Waals surface area contributed by atoms with Crippen molar-refractivity contribution in [2.24, 2.45) is 35.5 Å². The number of imide groups is 1. The van der Waals surface area contributed by atoms with E-state index >= 15 is 0 Å². The number of anilines is 1. The summed E-state index contributed by atoms with van der Waals surface area (Å²) < 4.78 is 6.00. The minimum absolute atomic E-state index is 0.0279. The normalized spacial score (nSPS) is 30.8. The molecule has 1 saturated heterocycles. The third-order valence-electron chi connectivity index (χ3n) is 7.95. The van der Waals surface area contributed by atoms with Crippen LogP contribution in [0.25, 0.3) is 11.1 Å². The summed E-state index contributed by atoms with van der Waals surface area (Å²) in [5, 5.41) is 0. The van der Waals surface area contributed by atoms with Crippen LogP contribution >= 0.6 is 0 Å². The number of amides is 2. The Morgan fingerprint density at radius 2 is 1.15 bits per heavy atom. The lowest BCUT2D eigenvalue weighted by molar-refractivity contribution is -0.124. The molecule has 2 bridgehead atoms. The summed E-state index contributed by atoms with van der Waals surface area (Å²) in [6.07, 6.45) is 5.58. The van der Waals surface area contributed by atoms with Crippen LogP contribution in [0.5, 0.6) is 11.5 Å². The second kappa shape index (κ2) is 6.92. The van der Waals surface area contributed by atoms with E-state index in [9.17, 15) is 9.59 Å². The number of ether oxygens (including phenoxy) is 1. The Balaban J connectivity index is 1.09. The largest absolute Gasteiger partial charge is 0.457 e. The van der Waals surface area contributed by atoms with E-state index in [2.05, 4.69) is 24.3 Å². The van der Waals surface area contributed by atoms with Crippen molar-refractivity contribution in [2.45, 2.75) is 6.42 Å². The molecule has 8 rings (SSSR count). The standard InChI is InChI=1S/C29H23NO3/c31-28-26-22-14-15-23(25-16-24(22)25)27(26)29(32)30(28)19-8-12-21(13-9-19)33-20-10-6-18(7-11-20)17-4-2-1-3-5-17/h1-15,22-27H,16H2/t22-,23-,24-,25+,26-,27+/m1/s1. The molecule has 4 heteroatoms. The van der Waals surface area contributed by atoms with Crippen molar-refractivity contribution >= 4 is 17.5 Å². The Morgan fingerprint density at radius 3 is 1.73 bits per heavy atom. The number of rotatable bonds is 4. The average molecular weight is 434 g/mol. The lowest BCUT2D eigenvalue weighted by Gasteiger charge is -2.37.